The first-order valence-electron chi connectivity index (χ1n) is 4.59. The van der Waals surface area contributed by atoms with Crippen LogP contribution in [0.5, 0.6) is 0 Å². The summed E-state index contributed by atoms with van der Waals surface area (Å²) in [4.78, 5) is 6.51. The monoisotopic (exact) mass is 279 g/mol. The van der Waals surface area contributed by atoms with Crippen LogP contribution in [0.15, 0.2) is 57.0 Å². The summed E-state index contributed by atoms with van der Waals surface area (Å²) < 4.78 is 1.01. The summed E-state index contributed by atoms with van der Waals surface area (Å²) in [5.74, 6) is 0. The minimum Gasteiger partial charge on any atom is -0.262 e. The zero-order valence-corrected chi connectivity index (χ0v) is 10.7. The molecule has 0 amide bonds. The molecule has 76 valence electrons. The van der Waals surface area contributed by atoms with Gasteiger partial charge in [0, 0.05) is 26.7 Å². The van der Waals surface area contributed by atoms with Crippen LogP contribution in [0.4, 0.5) is 0 Å². The molecule has 15 heavy (non-hydrogen) atoms. The first kappa shape index (κ1) is 10.7. The maximum Gasteiger partial charge on any atom is 0.0411 e. The van der Waals surface area contributed by atoms with Crippen LogP contribution in [0.3, 0.4) is 0 Å². The van der Waals surface area contributed by atoms with E-state index in [0.29, 0.717) is 0 Å². The second kappa shape index (κ2) is 4.81. The van der Waals surface area contributed by atoms with Crippen molar-refractivity contribution in [3.63, 3.8) is 0 Å². The Labute approximate surface area is 102 Å². The highest BCUT2D eigenvalue weighted by molar-refractivity contribution is 9.10. The average Bonchev–Trinajstić information content (AvgIpc) is 2.22. The molecule has 2 rings (SSSR count). The van der Waals surface area contributed by atoms with Crippen molar-refractivity contribution in [3.05, 3.63) is 52.8 Å². The molecule has 1 heterocycles. The number of halogens is 1. The van der Waals surface area contributed by atoms with Gasteiger partial charge in [0.15, 0.2) is 0 Å². The van der Waals surface area contributed by atoms with E-state index >= 15 is 0 Å². The third-order valence-corrected chi connectivity index (χ3v) is 3.34. The molecule has 0 atom stereocenters. The van der Waals surface area contributed by atoms with Crippen LogP contribution >= 0.6 is 27.7 Å². The smallest absolute Gasteiger partial charge is 0.0411 e. The van der Waals surface area contributed by atoms with Crippen LogP contribution in [0.25, 0.3) is 0 Å². The molecule has 0 aliphatic rings. The van der Waals surface area contributed by atoms with Crippen molar-refractivity contribution in [3.8, 4) is 0 Å². The Bertz CT molecular complexity index is 453. The number of aromatic nitrogens is 1. The first-order valence-corrected chi connectivity index (χ1v) is 6.20. The van der Waals surface area contributed by atoms with E-state index in [9.17, 15) is 0 Å². The maximum absolute atomic E-state index is 4.13. The van der Waals surface area contributed by atoms with Crippen LogP contribution in [0, 0.1) is 6.92 Å². The van der Waals surface area contributed by atoms with Gasteiger partial charge >= 0.3 is 0 Å². The van der Waals surface area contributed by atoms with E-state index in [1.54, 1.807) is 18.0 Å². The maximum atomic E-state index is 4.13. The first-order chi connectivity index (χ1) is 7.24. The number of nitrogens with zero attached hydrogens (tertiary/aromatic N) is 1. The zero-order chi connectivity index (χ0) is 10.7. The Morgan fingerprint density at radius 3 is 2.47 bits per heavy atom. The van der Waals surface area contributed by atoms with E-state index in [1.165, 1.54) is 10.5 Å². The van der Waals surface area contributed by atoms with Crippen LogP contribution in [-0.2, 0) is 0 Å². The fraction of sp³-hybridized carbons (Fsp3) is 0.0833. The molecule has 0 spiro atoms. The number of hydrogen-bond acceptors (Lipinski definition) is 2. The fourth-order valence-corrected chi connectivity index (χ4v) is 2.55. The van der Waals surface area contributed by atoms with Crippen molar-refractivity contribution in [2.24, 2.45) is 0 Å². The van der Waals surface area contributed by atoms with E-state index in [-0.39, 0.29) is 0 Å². The number of pyridine rings is 1. The van der Waals surface area contributed by atoms with Crippen molar-refractivity contribution >= 4 is 27.7 Å². The number of benzene rings is 1. The summed E-state index contributed by atoms with van der Waals surface area (Å²) in [6, 6.07) is 10.6. The Hall–Kier alpha value is -0.800. The quantitative estimate of drug-likeness (QED) is 0.813. The van der Waals surface area contributed by atoms with E-state index in [1.807, 2.05) is 6.20 Å². The second-order valence-electron chi connectivity index (χ2n) is 3.25. The number of rotatable bonds is 2. The van der Waals surface area contributed by atoms with Gasteiger partial charge in [0.1, 0.15) is 0 Å². The molecule has 1 aromatic heterocycles. The summed E-state index contributed by atoms with van der Waals surface area (Å²) in [6.45, 7) is 2.09. The van der Waals surface area contributed by atoms with Crippen molar-refractivity contribution < 1.29 is 0 Å². The third-order valence-electron chi connectivity index (χ3n) is 1.94. The molecule has 2 aromatic rings. The van der Waals surface area contributed by atoms with Gasteiger partial charge in [0.25, 0.3) is 0 Å². The highest BCUT2D eigenvalue weighted by Crippen LogP contribution is 2.28. The second-order valence-corrected chi connectivity index (χ2v) is 5.32. The molecule has 0 unspecified atom stereocenters. The molecule has 0 radical (unpaired) electrons. The van der Waals surface area contributed by atoms with E-state index in [2.05, 4.69) is 58.2 Å². The van der Waals surface area contributed by atoms with Crippen molar-refractivity contribution in [2.75, 3.05) is 0 Å². The molecular weight excluding hydrogens is 270 g/mol. The Kier molecular flexibility index (Phi) is 3.44. The standard InChI is InChI=1S/C12H10BrNS/c1-9-2-4-11(5-3-9)15-12-6-10(13)7-14-8-12/h2-8H,1H3. The predicted molar refractivity (Wildman–Crippen MR) is 67.2 cm³/mol. The highest BCUT2D eigenvalue weighted by atomic mass is 79.9. The summed E-state index contributed by atoms with van der Waals surface area (Å²) >= 11 is 5.13. The summed E-state index contributed by atoms with van der Waals surface area (Å²) in [5.41, 5.74) is 1.28. The molecule has 3 heteroatoms. The lowest BCUT2D eigenvalue weighted by Crippen LogP contribution is -1.77. The topological polar surface area (TPSA) is 12.9 Å². The zero-order valence-electron chi connectivity index (χ0n) is 8.27. The fourth-order valence-electron chi connectivity index (χ4n) is 1.19. The Morgan fingerprint density at radius 1 is 1.07 bits per heavy atom. The lowest BCUT2D eigenvalue weighted by Gasteiger charge is -2.01. The van der Waals surface area contributed by atoms with Gasteiger partial charge < -0.3 is 0 Å². The Balaban J connectivity index is 2.18. The van der Waals surface area contributed by atoms with Gasteiger partial charge in [0.05, 0.1) is 0 Å². The van der Waals surface area contributed by atoms with Gasteiger partial charge in [-0.2, -0.15) is 0 Å². The molecule has 0 aliphatic carbocycles. The van der Waals surface area contributed by atoms with Gasteiger partial charge in [-0.05, 0) is 41.1 Å². The van der Waals surface area contributed by atoms with E-state index in [0.717, 1.165) is 9.37 Å². The summed E-state index contributed by atoms with van der Waals surface area (Å²) in [7, 11) is 0. The van der Waals surface area contributed by atoms with Crippen molar-refractivity contribution in [1.29, 1.82) is 0 Å². The minimum absolute atomic E-state index is 1.01. The third kappa shape index (κ3) is 3.08. The van der Waals surface area contributed by atoms with E-state index < -0.39 is 0 Å². The van der Waals surface area contributed by atoms with Gasteiger partial charge in [-0.15, -0.1) is 0 Å². The molecule has 1 nitrogen and oxygen atoms in total. The molecule has 0 saturated carbocycles. The average molecular weight is 280 g/mol. The molecule has 1 aromatic carbocycles. The predicted octanol–water partition coefficient (Wildman–Crippen LogP) is 4.30. The lowest BCUT2D eigenvalue weighted by atomic mass is 10.2. The molecule has 0 fully saturated rings. The van der Waals surface area contributed by atoms with Gasteiger partial charge in [-0.3, -0.25) is 4.98 Å². The van der Waals surface area contributed by atoms with Crippen molar-refractivity contribution in [1.82, 2.24) is 4.98 Å². The summed E-state index contributed by atoms with van der Waals surface area (Å²) in [6.07, 6.45) is 3.66. The highest BCUT2D eigenvalue weighted by Gasteiger charge is 1.98. The minimum atomic E-state index is 1.01. The largest absolute Gasteiger partial charge is 0.262 e. The summed E-state index contributed by atoms with van der Waals surface area (Å²) in [5, 5.41) is 0. The van der Waals surface area contributed by atoms with Crippen LogP contribution < -0.4 is 0 Å². The molecule has 0 bridgehead atoms. The molecular formula is C12H10BrNS. The van der Waals surface area contributed by atoms with E-state index in [4.69, 9.17) is 0 Å². The number of hydrogen-bond donors (Lipinski definition) is 0. The normalized spacial score (nSPS) is 10.3. The Morgan fingerprint density at radius 2 is 1.80 bits per heavy atom. The SMILES string of the molecule is Cc1ccc(Sc2cncc(Br)c2)cc1. The lowest BCUT2D eigenvalue weighted by molar-refractivity contribution is 1.22. The van der Waals surface area contributed by atoms with Crippen LogP contribution in [0.2, 0.25) is 0 Å². The molecule has 0 aliphatic heterocycles. The molecule has 0 saturated heterocycles. The van der Waals surface area contributed by atoms with Crippen LogP contribution in [0.1, 0.15) is 5.56 Å². The van der Waals surface area contributed by atoms with Gasteiger partial charge in [0.2, 0.25) is 0 Å². The van der Waals surface area contributed by atoms with Crippen molar-refractivity contribution in [2.45, 2.75) is 16.7 Å². The van der Waals surface area contributed by atoms with Gasteiger partial charge in [-0.25, -0.2) is 0 Å². The van der Waals surface area contributed by atoms with Gasteiger partial charge in [-0.1, -0.05) is 29.5 Å². The van der Waals surface area contributed by atoms with Crippen LogP contribution in [-0.4, -0.2) is 4.98 Å². The molecule has 0 N–H and O–H groups in total. The number of aryl methyl sites for hydroxylation is 1.